The highest BCUT2D eigenvalue weighted by molar-refractivity contribution is 6.39. The highest BCUT2D eigenvalue weighted by Crippen LogP contribution is 2.38. The van der Waals surface area contributed by atoms with Crippen LogP contribution in [0, 0.1) is 35.5 Å². The van der Waals surface area contributed by atoms with Gasteiger partial charge >= 0.3 is 5.97 Å². The van der Waals surface area contributed by atoms with Crippen LogP contribution >= 0.6 is 0 Å². The van der Waals surface area contributed by atoms with E-state index in [1.807, 2.05) is 58.1 Å². The Bertz CT molecular complexity index is 1880. The number of methoxy groups -OCH3 is 3. The summed E-state index contributed by atoms with van der Waals surface area (Å²) in [4.78, 5) is 84.0. The zero-order valence-corrected chi connectivity index (χ0v) is 42.6. The van der Waals surface area contributed by atoms with Crippen molar-refractivity contribution in [1.82, 2.24) is 10.2 Å². The van der Waals surface area contributed by atoms with E-state index in [4.69, 9.17) is 23.7 Å². The topological polar surface area (TPSA) is 204 Å². The molecule has 68 heavy (non-hydrogen) atoms. The molecule has 0 unspecified atom stereocenters. The van der Waals surface area contributed by atoms with Gasteiger partial charge < -0.3 is 44.1 Å². The number of cyclic esters (lactones) is 1. The Morgan fingerprint density at radius 1 is 0.897 bits per heavy atom. The van der Waals surface area contributed by atoms with E-state index >= 15 is 0 Å². The zero-order valence-electron chi connectivity index (χ0n) is 42.6. The van der Waals surface area contributed by atoms with Gasteiger partial charge in [0, 0.05) is 65.4 Å². The van der Waals surface area contributed by atoms with Gasteiger partial charge in [-0.15, -0.1) is 0 Å². The van der Waals surface area contributed by atoms with Crippen LogP contribution in [0.2, 0.25) is 0 Å². The molecule has 3 N–H and O–H groups in total. The van der Waals surface area contributed by atoms with Crippen LogP contribution in [-0.4, -0.2) is 133 Å². The minimum absolute atomic E-state index is 0.0138. The number of carbonyl (C=O) groups is 6. The fourth-order valence-electron chi connectivity index (χ4n) is 10.6. The lowest BCUT2D eigenvalue weighted by atomic mass is 9.77. The summed E-state index contributed by atoms with van der Waals surface area (Å²) in [6, 6.07) is -1.29. The van der Waals surface area contributed by atoms with Crippen LogP contribution in [0.3, 0.4) is 0 Å². The molecule has 2 bridgehead atoms. The Morgan fingerprint density at radius 2 is 1.62 bits per heavy atom. The van der Waals surface area contributed by atoms with Crippen LogP contribution < -0.4 is 5.32 Å². The monoisotopic (exact) mass is 955 g/mol. The molecule has 3 fully saturated rings. The number of esters is 1. The van der Waals surface area contributed by atoms with Crippen molar-refractivity contribution < 1.29 is 62.7 Å². The molecular weight excluding hydrogens is 873 g/mol. The van der Waals surface area contributed by atoms with E-state index in [1.54, 1.807) is 41.1 Å². The van der Waals surface area contributed by atoms with Gasteiger partial charge in [0.1, 0.15) is 30.1 Å². The second-order valence-electron chi connectivity index (χ2n) is 20.3. The van der Waals surface area contributed by atoms with Gasteiger partial charge in [-0.3, -0.25) is 24.0 Å². The molecule has 15 atom stereocenters. The van der Waals surface area contributed by atoms with E-state index in [0.29, 0.717) is 63.4 Å². The van der Waals surface area contributed by atoms with Crippen molar-refractivity contribution in [3.8, 4) is 0 Å². The summed E-state index contributed by atoms with van der Waals surface area (Å²) in [5, 5.41) is 26.4. The molecule has 1 saturated carbocycles. The van der Waals surface area contributed by atoms with Gasteiger partial charge in [0.05, 0.1) is 24.4 Å². The van der Waals surface area contributed by atoms with Gasteiger partial charge in [0.2, 0.25) is 11.7 Å². The number of fused-ring (bicyclic) bond motifs is 3. The second kappa shape index (κ2) is 26.4. The predicted octanol–water partition coefficient (Wildman–Crippen LogP) is 6.32. The summed E-state index contributed by atoms with van der Waals surface area (Å²) in [5.41, 5.74) is 1.26. The van der Waals surface area contributed by atoms with Crippen molar-refractivity contribution in [3.05, 3.63) is 47.6 Å². The Balaban J connectivity index is 1.70. The number of carbonyl (C=O) groups excluding carboxylic acids is 6. The van der Waals surface area contributed by atoms with Crippen LogP contribution in [0.4, 0.5) is 0 Å². The van der Waals surface area contributed by atoms with Crippen molar-refractivity contribution in [2.45, 2.75) is 187 Å². The zero-order chi connectivity index (χ0) is 50.5. The van der Waals surface area contributed by atoms with E-state index in [2.05, 4.69) is 5.32 Å². The molecule has 15 heteroatoms. The van der Waals surface area contributed by atoms with Gasteiger partial charge in [-0.2, -0.15) is 0 Å². The number of ketones is 3. The molecular formula is C53H82N2O13. The van der Waals surface area contributed by atoms with Crippen molar-refractivity contribution in [2.75, 3.05) is 27.9 Å². The number of allylic oxidation sites excluding steroid dienone is 6. The molecule has 3 heterocycles. The lowest BCUT2D eigenvalue weighted by molar-refractivity contribution is -0.265. The van der Waals surface area contributed by atoms with Crippen LogP contribution in [0.1, 0.15) is 132 Å². The van der Waals surface area contributed by atoms with E-state index in [9.17, 15) is 39.0 Å². The number of hydrogen-bond acceptors (Lipinski definition) is 13. The fraction of sp³-hybridized carbons (Fsp3) is 0.736. The Kier molecular flexibility index (Phi) is 22.0. The summed E-state index contributed by atoms with van der Waals surface area (Å²) in [7, 11) is 4.57. The number of rotatable bonds is 7. The standard InChI is InChI=1S/C53H82N2O13/c1-31-17-13-12-14-18-32(2)44(64-9)29-40-22-20-37(7)53(63,68-40)50(60)51(61)55-24-16-15-19-42(55)52(62)67-45(34(4)27-39-21-23-41(54-38(8)56)46(28-39)65-10)30-43(57)33(3)26-36(6)48(59)49(66-11)47(58)35(5)25-31/h12-14,17-18,26,31,33-35,37,39-42,44-46,48-49,59,63H,15-16,19-25,27-30H2,1-11H3,(H,54,56)/b14-12+,17-13-,32-18+,36-26+/t31-,33-,34-,35-,37-,39+,40+,41+,42+,44+,45+,46-,48-,49+,53-/m1/s1. The van der Waals surface area contributed by atoms with Gasteiger partial charge in [0.25, 0.3) is 11.7 Å². The molecule has 0 spiro atoms. The van der Waals surface area contributed by atoms with E-state index in [1.165, 1.54) is 18.9 Å². The summed E-state index contributed by atoms with van der Waals surface area (Å²) in [6.45, 7) is 14.2. The van der Waals surface area contributed by atoms with Crippen LogP contribution in [-0.2, 0) is 52.5 Å². The number of aliphatic hydroxyl groups is 2. The molecule has 0 aromatic heterocycles. The number of amides is 2. The van der Waals surface area contributed by atoms with E-state index in [-0.39, 0.29) is 66.8 Å². The van der Waals surface area contributed by atoms with Gasteiger partial charge in [-0.25, -0.2) is 4.79 Å². The average Bonchev–Trinajstić information content (AvgIpc) is 3.30. The molecule has 3 aliphatic heterocycles. The van der Waals surface area contributed by atoms with Crippen molar-refractivity contribution >= 4 is 35.1 Å². The molecule has 0 aromatic carbocycles. The SMILES string of the molecule is CO[C@H]1C[C@@H]2CC[C@@H](C)[C@@](O)(O2)C(=O)C(=O)N2CCCC[C@H]2C(=O)O[C@H]([C@H](C)C[C@@H]2CC[C@H](NC(C)=O)[C@H](OC)C2)CC(=O)[C@H](C)/C=C(\C)[C@@H](O)[C@@H](OC)C(=O)[C@H](C)C[C@H](C)\C=C/C=C/C=C/1C. The Hall–Kier alpha value is -3.86. The Labute approximate surface area is 404 Å². The first kappa shape index (κ1) is 56.7. The lowest BCUT2D eigenvalue weighted by Gasteiger charge is -2.42. The number of nitrogens with one attached hydrogen (secondary N) is 1. The number of ether oxygens (including phenoxy) is 5. The third-order valence-electron chi connectivity index (χ3n) is 14.9. The molecule has 1 aliphatic carbocycles. The number of Topliss-reactive ketones (excluding diaryl/α,β-unsaturated/α-hetero) is 3. The maximum absolute atomic E-state index is 14.5. The largest absolute Gasteiger partial charge is 0.460 e. The molecule has 2 amide bonds. The highest BCUT2D eigenvalue weighted by Gasteiger charge is 2.53. The summed E-state index contributed by atoms with van der Waals surface area (Å²) < 4.78 is 29.7. The molecule has 0 aromatic rings. The van der Waals surface area contributed by atoms with Gasteiger partial charge in [-0.05, 0) is 107 Å². The molecule has 4 rings (SSSR count). The van der Waals surface area contributed by atoms with Crippen LogP contribution in [0.25, 0.3) is 0 Å². The van der Waals surface area contributed by atoms with Crippen molar-refractivity contribution in [3.63, 3.8) is 0 Å². The minimum Gasteiger partial charge on any atom is -0.460 e. The summed E-state index contributed by atoms with van der Waals surface area (Å²) >= 11 is 0. The van der Waals surface area contributed by atoms with Gasteiger partial charge in [-0.1, -0.05) is 71.1 Å². The second-order valence-corrected chi connectivity index (χ2v) is 20.3. The summed E-state index contributed by atoms with van der Waals surface area (Å²) in [5.74, 6) is -8.17. The van der Waals surface area contributed by atoms with Gasteiger partial charge in [0.15, 0.2) is 5.78 Å². The normalized spacial score (nSPS) is 39.0. The fourth-order valence-corrected chi connectivity index (χ4v) is 10.6. The first-order chi connectivity index (χ1) is 32.1. The summed E-state index contributed by atoms with van der Waals surface area (Å²) in [6.07, 6.45) is 12.0. The highest BCUT2D eigenvalue weighted by atomic mass is 16.6. The molecule has 2 saturated heterocycles. The third-order valence-corrected chi connectivity index (χ3v) is 14.9. The first-order valence-electron chi connectivity index (χ1n) is 24.9. The number of aliphatic hydroxyl groups excluding tert-OH is 1. The molecule has 0 radical (unpaired) electrons. The molecule has 4 aliphatic rings. The van der Waals surface area contributed by atoms with Crippen LogP contribution in [0.15, 0.2) is 47.6 Å². The molecule has 15 nitrogen and oxygen atoms in total. The number of hydrogen-bond donors (Lipinski definition) is 3. The predicted molar refractivity (Wildman–Crippen MR) is 257 cm³/mol. The maximum atomic E-state index is 14.5. The van der Waals surface area contributed by atoms with E-state index in [0.717, 1.165) is 12.0 Å². The lowest BCUT2D eigenvalue weighted by Crippen LogP contribution is -2.61. The quantitative estimate of drug-likeness (QED) is 0.145. The maximum Gasteiger partial charge on any atom is 0.329 e. The third kappa shape index (κ3) is 15.1. The number of nitrogens with zero attached hydrogens (tertiary/aromatic N) is 1. The molecule has 382 valence electrons. The minimum atomic E-state index is -2.44. The smallest absolute Gasteiger partial charge is 0.329 e. The Morgan fingerprint density at radius 3 is 2.28 bits per heavy atom. The number of piperidine rings is 1. The van der Waals surface area contributed by atoms with Crippen molar-refractivity contribution in [2.24, 2.45) is 35.5 Å². The van der Waals surface area contributed by atoms with Crippen LogP contribution in [0.5, 0.6) is 0 Å². The average molecular weight is 955 g/mol. The van der Waals surface area contributed by atoms with Crippen molar-refractivity contribution in [1.29, 1.82) is 0 Å². The first-order valence-corrected chi connectivity index (χ1v) is 24.9. The van der Waals surface area contributed by atoms with E-state index < -0.39 is 77.8 Å².